The zero-order chi connectivity index (χ0) is 20.1. The molecule has 2 aromatic rings. The molecule has 0 aromatic heterocycles. The van der Waals surface area contributed by atoms with E-state index in [-0.39, 0.29) is 25.5 Å². The van der Waals surface area contributed by atoms with Gasteiger partial charge in [-0.3, -0.25) is 19.4 Å². The van der Waals surface area contributed by atoms with Crippen LogP contribution in [0.4, 0.5) is 4.79 Å². The van der Waals surface area contributed by atoms with Crippen molar-refractivity contribution in [3.05, 3.63) is 65.7 Å². The maximum atomic E-state index is 12.9. The topological polar surface area (TPSA) is 76.1 Å². The summed E-state index contributed by atoms with van der Waals surface area (Å²) in [5.74, 6) is -0.235. The van der Waals surface area contributed by atoms with E-state index in [1.54, 1.807) is 31.2 Å². The number of Topliss-reactive ketones (excluding diaryl/α,β-unsaturated/α-hetero) is 1. The van der Waals surface area contributed by atoms with E-state index in [0.29, 0.717) is 11.3 Å². The SMILES string of the molecule is CCOC1C(=O)N(CC(=O)c2ccc(OC)cc2)C(=O)N1Cc1ccccc1. The number of rotatable bonds is 8. The first-order chi connectivity index (χ1) is 13.5. The Morgan fingerprint density at radius 1 is 1.04 bits per heavy atom. The minimum atomic E-state index is -1.03. The van der Waals surface area contributed by atoms with Gasteiger partial charge in [0.25, 0.3) is 5.91 Å². The monoisotopic (exact) mass is 382 g/mol. The number of ether oxygens (including phenoxy) is 2. The number of urea groups is 1. The lowest BCUT2D eigenvalue weighted by Gasteiger charge is -2.21. The lowest BCUT2D eigenvalue weighted by atomic mass is 10.1. The van der Waals surface area contributed by atoms with Crippen LogP contribution in [0, 0.1) is 0 Å². The van der Waals surface area contributed by atoms with Crippen LogP contribution in [0.1, 0.15) is 22.8 Å². The Kier molecular flexibility index (Phi) is 6.06. The van der Waals surface area contributed by atoms with E-state index in [2.05, 4.69) is 0 Å². The van der Waals surface area contributed by atoms with Crippen LogP contribution in [0.3, 0.4) is 0 Å². The van der Waals surface area contributed by atoms with Crippen molar-refractivity contribution in [1.82, 2.24) is 9.80 Å². The summed E-state index contributed by atoms with van der Waals surface area (Å²) in [7, 11) is 1.54. The van der Waals surface area contributed by atoms with Gasteiger partial charge in [-0.05, 0) is 36.8 Å². The fraction of sp³-hybridized carbons (Fsp3) is 0.286. The number of hydrogen-bond acceptors (Lipinski definition) is 5. The number of carbonyl (C=O) groups is 3. The summed E-state index contributed by atoms with van der Waals surface area (Å²) in [5.41, 5.74) is 1.27. The third kappa shape index (κ3) is 4.04. The van der Waals surface area contributed by atoms with Crippen LogP contribution < -0.4 is 4.74 Å². The van der Waals surface area contributed by atoms with Gasteiger partial charge in [-0.2, -0.15) is 0 Å². The van der Waals surface area contributed by atoms with Gasteiger partial charge in [-0.1, -0.05) is 30.3 Å². The molecule has 0 radical (unpaired) electrons. The van der Waals surface area contributed by atoms with Gasteiger partial charge in [0.1, 0.15) is 5.75 Å². The van der Waals surface area contributed by atoms with E-state index in [9.17, 15) is 14.4 Å². The summed E-state index contributed by atoms with van der Waals surface area (Å²) in [5, 5.41) is 0. The number of nitrogens with zero attached hydrogens (tertiary/aromatic N) is 2. The summed E-state index contributed by atoms with van der Waals surface area (Å²) in [6.07, 6.45) is -1.03. The molecular weight excluding hydrogens is 360 g/mol. The van der Waals surface area contributed by atoms with Crippen molar-refractivity contribution in [3.63, 3.8) is 0 Å². The van der Waals surface area contributed by atoms with E-state index in [4.69, 9.17) is 9.47 Å². The number of ketones is 1. The summed E-state index contributed by atoms with van der Waals surface area (Å²) < 4.78 is 10.6. The Balaban J connectivity index is 1.77. The Hall–Kier alpha value is -3.19. The predicted octanol–water partition coefficient (Wildman–Crippen LogP) is 2.70. The van der Waals surface area contributed by atoms with E-state index >= 15 is 0 Å². The summed E-state index contributed by atoms with van der Waals surface area (Å²) in [4.78, 5) is 40.5. The fourth-order valence-corrected chi connectivity index (χ4v) is 3.02. The van der Waals surface area contributed by atoms with Gasteiger partial charge in [0, 0.05) is 12.2 Å². The van der Waals surface area contributed by atoms with Gasteiger partial charge >= 0.3 is 6.03 Å². The van der Waals surface area contributed by atoms with Gasteiger partial charge in [-0.25, -0.2) is 4.79 Å². The molecule has 146 valence electrons. The number of amides is 3. The molecule has 2 aromatic carbocycles. The second-order valence-corrected chi connectivity index (χ2v) is 6.28. The van der Waals surface area contributed by atoms with Crippen LogP contribution in [0.25, 0.3) is 0 Å². The molecule has 3 rings (SSSR count). The molecule has 0 spiro atoms. The Morgan fingerprint density at radius 2 is 1.71 bits per heavy atom. The number of carbonyl (C=O) groups excluding carboxylic acids is 3. The van der Waals surface area contributed by atoms with Gasteiger partial charge in [0.05, 0.1) is 20.2 Å². The molecule has 3 amide bonds. The van der Waals surface area contributed by atoms with Crippen LogP contribution in [0.5, 0.6) is 5.75 Å². The van der Waals surface area contributed by atoms with Crippen LogP contribution in [-0.2, 0) is 16.1 Å². The standard InChI is InChI=1S/C21H22N2O5/c1-3-28-20-19(25)22(14-18(24)16-9-11-17(27-2)12-10-16)21(26)23(20)13-15-7-5-4-6-8-15/h4-12,20H,3,13-14H2,1-2H3. The lowest BCUT2D eigenvalue weighted by molar-refractivity contribution is -0.141. The van der Waals surface area contributed by atoms with Crippen molar-refractivity contribution in [2.75, 3.05) is 20.3 Å². The number of hydrogen-bond donors (Lipinski definition) is 0. The fourth-order valence-electron chi connectivity index (χ4n) is 3.02. The van der Waals surface area contributed by atoms with Crippen molar-refractivity contribution in [3.8, 4) is 5.75 Å². The molecule has 1 atom stereocenters. The molecular formula is C21H22N2O5. The van der Waals surface area contributed by atoms with Crippen molar-refractivity contribution < 1.29 is 23.9 Å². The maximum Gasteiger partial charge on any atom is 0.330 e. The first kappa shape index (κ1) is 19.6. The third-order valence-corrected chi connectivity index (χ3v) is 4.47. The van der Waals surface area contributed by atoms with Crippen molar-refractivity contribution in [2.24, 2.45) is 0 Å². The summed E-state index contributed by atoms with van der Waals surface area (Å²) in [6.45, 7) is 1.92. The molecule has 1 unspecified atom stereocenters. The van der Waals surface area contributed by atoms with Crippen molar-refractivity contribution >= 4 is 17.7 Å². The molecule has 0 N–H and O–H groups in total. The third-order valence-electron chi connectivity index (χ3n) is 4.47. The number of benzene rings is 2. The molecule has 1 aliphatic heterocycles. The second kappa shape index (κ2) is 8.67. The Labute approximate surface area is 163 Å². The van der Waals surface area contributed by atoms with Crippen molar-refractivity contribution in [1.29, 1.82) is 0 Å². The molecule has 0 aliphatic carbocycles. The zero-order valence-corrected chi connectivity index (χ0v) is 15.8. The molecule has 7 heteroatoms. The molecule has 1 heterocycles. The highest BCUT2D eigenvalue weighted by Gasteiger charge is 2.46. The Morgan fingerprint density at radius 3 is 2.32 bits per heavy atom. The summed E-state index contributed by atoms with van der Waals surface area (Å²) in [6, 6.07) is 15.3. The lowest BCUT2D eigenvalue weighted by Crippen LogP contribution is -2.36. The zero-order valence-electron chi connectivity index (χ0n) is 15.8. The highest BCUT2D eigenvalue weighted by atomic mass is 16.5. The molecule has 0 saturated carbocycles. The summed E-state index contributed by atoms with van der Waals surface area (Å²) >= 11 is 0. The highest BCUT2D eigenvalue weighted by molar-refractivity contribution is 6.08. The smallest absolute Gasteiger partial charge is 0.330 e. The molecule has 1 aliphatic rings. The maximum absolute atomic E-state index is 12.9. The van der Waals surface area contributed by atoms with E-state index in [1.807, 2.05) is 30.3 Å². The predicted molar refractivity (Wildman–Crippen MR) is 102 cm³/mol. The van der Waals surface area contributed by atoms with Gasteiger partial charge in [-0.15, -0.1) is 0 Å². The van der Waals surface area contributed by atoms with Crippen LogP contribution in [-0.4, -0.2) is 54.0 Å². The quantitative estimate of drug-likeness (QED) is 0.518. The van der Waals surface area contributed by atoms with Gasteiger partial charge in [0.2, 0.25) is 6.23 Å². The Bertz CT molecular complexity index is 851. The molecule has 0 bridgehead atoms. The molecule has 7 nitrogen and oxygen atoms in total. The minimum absolute atomic E-state index is 0.226. The van der Waals surface area contributed by atoms with Crippen LogP contribution in [0.2, 0.25) is 0 Å². The van der Waals surface area contributed by atoms with Gasteiger partial charge in [0.15, 0.2) is 5.78 Å². The average Bonchev–Trinajstić information content (AvgIpc) is 2.93. The van der Waals surface area contributed by atoms with E-state index < -0.39 is 18.2 Å². The number of imide groups is 1. The highest BCUT2D eigenvalue weighted by Crippen LogP contribution is 2.22. The first-order valence-corrected chi connectivity index (χ1v) is 9.00. The van der Waals surface area contributed by atoms with Crippen LogP contribution >= 0.6 is 0 Å². The average molecular weight is 382 g/mol. The van der Waals surface area contributed by atoms with E-state index in [0.717, 1.165) is 10.5 Å². The van der Waals surface area contributed by atoms with Crippen molar-refractivity contribution in [2.45, 2.75) is 19.7 Å². The van der Waals surface area contributed by atoms with E-state index in [1.165, 1.54) is 12.0 Å². The largest absolute Gasteiger partial charge is 0.497 e. The normalized spacial score (nSPS) is 16.6. The first-order valence-electron chi connectivity index (χ1n) is 9.00. The van der Waals surface area contributed by atoms with Crippen LogP contribution in [0.15, 0.2) is 54.6 Å². The minimum Gasteiger partial charge on any atom is -0.497 e. The second-order valence-electron chi connectivity index (χ2n) is 6.28. The molecule has 28 heavy (non-hydrogen) atoms. The van der Waals surface area contributed by atoms with Gasteiger partial charge < -0.3 is 9.47 Å². The number of methoxy groups -OCH3 is 1. The molecule has 1 fully saturated rings. The molecule has 1 saturated heterocycles.